The number of hydrogen-bond donors (Lipinski definition) is 0. The summed E-state index contributed by atoms with van der Waals surface area (Å²) in [5, 5.41) is 0. The molecule has 0 aliphatic rings. The fourth-order valence-electron chi connectivity index (χ4n) is 1.24. The van der Waals surface area contributed by atoms with Gasteiger partial charge in [0.05, 0.1) is 6.04 Å². The van der Waals surface area contributed by atoms with Crippen LogP contribution < -0.4 is 0 Å². The first kappa shape index (κ1) is 10.2. The van der Waals surface area contributed by atoms with Crippen molar-refractivity contribution >= 4 is 12.8 Å². The lowest BCUT2D eigenvalue weighted by atomic mass is 10.1. The van der Waals surface area contributed by atoms with Gasteiger partial charge in [0.1, 0.15) is 0 Å². The summed E-state index contributed by atoms with van der Waals surface area (Å²) >= 11 is 0. The number of benzene rings is 1. The third kappa shape index (κ3) is 2.07. The second-order valence-corrected chi connectivity index (χ2v) is 2.75. The summed E-state index contributed by atoms with van der Waals surface area (Å²) in [5.41, 5.74) is 0.863. The molecule has 1 rings (SSSR count). The van der Waals surface area contributed by atoms with Gasteiger partial charge in [0.25, 0.3) is 0 Å². The van der Waals surface area contributed by atoms with Gasteiger partial charge in [0.15, 0.2) is 0 Å². The van der Waals surface area contributed by atoms with E-state index in [1.54, 1.807) is 6.08 Å². The van der Waals surface area contributed by atoms with Crippen molar-refractivity contribution in [3.63, 3.8) is 0 Å². The van der Waals surface area contributed by atoms with Crippen molar-refractivity contribution < 1.29 is 9.59 Å². The van der Waals surface area contributed by atoms with E-state index in [1.807, 2.05) is 30.3 Å². The summed E-state index contributed by atoms with van der Waals surface area (Å²) in [6.45, 7) is 3.59. The Morgan fingerprint density at radius 1 is 1.14 bits per heavy atom. The molecule has 0 bridgehead atoms. The molecule has 0 saturated heterocycles. The highest BCUT2D eigenvalue weighted by molar-refractivity contribution is 5.70. The predicted octanol–water partition coefficient (Wildman–Crippen LogP) is 1.53. The summed E-state index contributed by atoms with van der Waals surface area (Å²) in [7, 11) is 0. The average molecular weight is 189 g/mol. The standard InChI is InChI=1S/C11H11NO2/c1-2-11(12(8-13)9-14)10-6-4-3-5-7-10/h2-9,11H,1H2. The van der Waals surface area contributed by atoms with E-state index < -0.39 is 0 Å². The van der Waals surface area contributed by atoms with Crippen LogP contribution in [0.3, 0.4) is 0 Å². The minimum Gasteiger partial charge on any atom is -0.278 e. The number of hydrogen-bond acceptors (Lipinski definition) is 2. The Labute approximate surface area is 82.6 Å². The molecule has 2 amide bonds. The second-order valence-electron chi connectivity index (χ2n) is 2.75. The van der Waals surface area contributed by atoms with Gasteiger partial charge in [-0.25, -0.2) is 0 Å². The molecule has 0 aliphatic heterocycles. The fourth-order valence-corrected chi connectivity index (χ4v) is 1.24. The molecule has 0 fully saturated rings. The number of carbonyl (C=O) groups excluding carboxylic acids is 2. The highest BCUT2D eigenvalue weighted by Gasteiger charge is 2.13. The smallest absolute Gasteiger partial charge is 0.216 e. The molecule has 0 saturated carbocycles. The molecule has 0 aliphatic carbocycles. The molecule has 1 aromatic carbocycles. The summed E-state index contributed by atoms with van der Waals surface area (Å²) in [4.78, 5) is 22.1. The molecule has 0 radical (unpaired) electrons. The molecule has 3 nitrogen and oxygen atoms in total. The zero-order chi connectivity index (χ0) is 10.4. The van der Waals surface area contributed by atoms with Crippen LogP contribution in [0.1, 0.15) is 11.6 Å². The van der Waals surface area contributed by atoms with Gasteiger partial charge in [-0.3, -0.25) is 14.5 Å². The van der Waals surface area contributed by atoms with E-state index in [4.69, 9.17) is 0 Å². The van der Waals surface area contributed by atoms with Crippen LogP contribution in [0.4, 0.5) is 0 Å². The van der Waals surface area contributed by atoms with Crippen LogP contribution in [0.5, 0.6) is 0 Å². The van der Waals surface area contributed by atoms with Gasteiger partial charge in [0.2, 0.25) is 12.8 Å². The maximum Gasteiger partial charge on any atom is 0.216 e. The lowest BCUT2D eigenvalue weighted by Crippen LogP contribution is -2.24. The Hall–Kier alpha value is -1.90. The zero-order valence-electron chi connectivity index (χ0n) is 7.67. The van der Waals surface area contributed by atoms with Gasteiger partial charge in [-0.15, -0.1) is 6.58 Å². The van der Waals surface area contributed by atoms with Crippen LogP contribution in [0, 0.1) is 0 Å². The third-order valence-corrected chi connectivity index (χ3v) is 1.93. The van der Waals surface area contributed by atoms with Gasteiger partial charge in [-0.1, -0.05) is 36.4 Å². The van der Waals surface area contributed by atoms with Crippen LogP contribution >= 0.6 is 0 Å². The van der Waals surface area contributed by atoms with Gasteiger partial charge in [0, 0.05) is 0 Å². The number of amides is 2. The number of rotatable bonds is 5. The highest BCUT2D eigenvalue weighted by atomic mass is 16.2. The molecule has 0 aromatic heterocycles. The monoisotopic (exact) mass is 189 g/mol. The Balaban J connectivity index is 2.97. The summed E-state index contributed by atoms with van der Waals surface area (Å²) < 4.78 is 0. The Bertz CT molecular complexity index is 313. The largest absolute Gasteiger partial charge is 0.278 e. The molecule has 0 N–H and O–H groups in total. The number of carbonyl (C=O) groups is 2. The van der Waals surface area contributed by atoms with E-state index in [9.17, 15) is 9.59 Å². The van der Waals surface area contributed by atoms with E-state index in [0.29, 0.717) is 12.8 Å². The van der Waals surface area contributed by atoms with Gasteiger partial charge in [-0.05, 0) is 5.56 Å². The highest BCUT2D eigenvalue weighted by Crippen LogP contribution is 2.18. The first-order valence-corrected chi connectivity index (χ1v) is 4.19. The molecule has 1 unspecified atom stereocenters. The lowest BCUT2D eigenvalue weighted by molar-refractivity contribution is -0.130. The molecular formula is C11H11NO2. The van der Waals surface area contributed by atoms with Crippen molar-refractivity contribution in [2.24, 2.45) is 0 Å². The van der Waals surface area contributed by atoms with E-state index in [2.05, 4.69) is 6.58 Å². The summed E-state index contributed by atoms with van der Waals surface area (Å²) in [6.07, 6.45) is 2.54. The van der Waals surface area contributed by atoms with E-state index in [1.165, 1.54) is 0 Å². The van der Waals surface area contributed by atoms with E-state index >= 15 is 0 Å². The van der Waals surface area contributed by atoms with Gasteiger partial charge in [-0.2, -0.15) is 0 Å². The quantitative estimate of drug-likeness (QED) is 0.520. The minimum absolute atomic E-state index is 0.383. The van der Waals surface area contributed by atoms with Crippen LogP contribution in [-0.2, 0) is 9.59 Å². The van der Waals surface area contributed by atoms with Crippen molar-refractivity contribution in [1.29, 1.82) is 0 Å². The Kier molecular flexibility index (Phi) is 3.61. The molecule has 72 valence electrons. The first-order chi connectivity index (χ1) is 6.83. The molecule has 1 aromatic rings. The maximum absolute atomic E-state index is 10.6. The van der Waals surface area contributed by atoms with Crippen LogP contribution in [0.25, 0.3) is 0 Å². The van der Waals surface area contributed by atoms with Gasteiger partial charge >= 0.3 is 0 Å². The topological polar surface area (TPSA) is 37.4 Å². The molecular weight excluding hydrogens is 178 g/mol. The molecule has 0 spiro atoms. The van der Waals surface area contributed by atoms with Crippen molar-refractivity contribution in [3.05, 3.63) is 48.6 Å². The number of imide groups is 1. The Morgan fingerprint density at radius 2 is 1.71 bits per heavy atom. The predicted molar refractivity (Wildman–Crippen MR) is 53.3 cm³/mol. The summed E-state index contributed by atoms with van der Waals surface area (Å²) in [6, 6.07) is 8.86. The van der Waals surface area contributed by atoms with Crippen LogP contribution in [-0.4, -0.2) is 17.7 Å². The van der Waals surface area contributed by atoms with Crippen molar-refractivity contribution in [1.82, 2.24) is 4.90 Å². The van der Waals surface area contributed by atoms with Crippen LogP contribution in [0.15, 0.2) is 43.0 Å². The minimum atomic E-state index is -0.383. The van der Waals surface area contributed by atoms with Gasteiger partial charge < -0.3 is 0 Å². The van der Waals surface area contributed by atoms with Crippen LogP contribution in [0.2, 0.25) is 0 Å². The molecule has 1 atom stereocenters. The lowest BCUT2D eigenvalue weighted by Gasteiger charge is -2.19. The fraction of sp³-hybridized carbons (Fsp3) is 0.0909. The van der Waals surface area contributed by atoms with Crippen molar-refractivity contribution in [2.45, 2.75) is 6.04 Å². The summed E-state index contributed by atoms with van der Waals surface area (Å²) in [5.74, 6) is 0. The molecule has 3 heteroatoms. The Morgan fingerprint density at radius 3 is 2.14 bits per heavy atom. The number of nitrogens with zero attached hydrogens (tertiary/aromatic N) is 1. The molecule has 0 heterocycles. The third-order valence-electron chi connectivity index (χ3n) is 1.93. The molecule has 14 heavy (non-hydrogen) atoms. The second kappa shape index (κ2) is 4.97. The normalized spacial score (nSPS) is 11.4. The van der Waals surface area contributed by atoms with Crippen molar-refractivity contribution in [2.75, 3.05) is 0 Å². The average Bonchev–Trinajstić information content (AvgIpc) is 2.27. The first-order valence-electron chi connectivity index (χ1n) is 4.19. The van der Waals surface area contributed by atoms with E-state index in [0.717, 1.165) is 10.5 Å². The van der Waals surface area contributed by atoms with Crippen molar-refractivity contribution in [3.8, 4) is 0 Å². The maximum atomic E-state index is 10.6. The zero-order valence-corrected chi connectivity index (χ0v) is 7.67. The SMILES string of the molecule is C=CC(c1ccccc1)N(C=O)C=O. The van der Waals surface area contributed by atoms with E-state index in [-0.39, 0.29) is 6.04 Å².